The lowest BCUT2D eigenvalue weighted by Gasteiger charge is -2.40. The molecular weight excluding hydrogens is 236 g/mol. The lowest BCUT2D eigenvalue weighted by Crippen LogP contribution is -2.50. The smallest absolute Gasteiger partial charge is 0.0667 e. The van der Waals surface area contributed by atoms with E-state index in [9.17, 15) is 5.11 Å². The van der Waals surface area contributed by atoms with Crippen LogP contribution in [0.15, 0.2) is 0 Å². The number of nitrogens with one attached hydrogen (secondary N) is 1. The average molecular weight is 270 g/mol. The van der Waals surface area contributed by atoms with Gasteiger partial charge in [-0.2, -0.15) is 0 Å². The molecule has 3 nitrogen and oxygen atoms in total. The van der Waals surface area contributed by atoms with E-state index in [4.69, 9.17) is 0 Å². The molecule has 0 aliphatic carbocycles. The Hall–Kier alpha value is -0.120. The Balaban J connectivity index is 2.54. The maximum absolute atomic E-state index is 9.81. The van der Waals surface area contributed by atoms with Crippen LogP contribution >= 0.6 is 0 Å². The number of aliphatic hydroxyl groups is 1. The van der Waals surface area contributed by atoms with Gasteiger partial charge >= 0.3 is 0 Å². The molecule has 2 atom stereocenters. The zero-order valence-corrected chi connectivity index (χ0v) is 13.6. The minimum Gasteiger partial charge on any atom is -0.392 e. The number of likely N-dealkylation sites (tertiary alicyclic amines) is 1. The van der Waals surface area contributed by atoms with Crippen molar-refractivity contribution in [1.29, 1.82) is 0 Å². The monoisotopic (exact) mass is 270 g/mol. The summed E-state index contributed by atoms with van der Waals surface area (Å²) in [4.78, 5) is 2.45. The predicted octanol–water partition coefficient (Wildman–Crippen LogP) is 2.64. The Morgan fingerprint density at radius 2 is 1.95 bits per heavy atom. The number of nitrogens with zero attached hydrogens (tertiary/aromatic N) is 1. The Morgan fingerprint density at radius 3 is 2.47 bits per heavy atom. The molecule has 0 bridgehead atoms. The standard InChI is InChI=1S/C16H34N2O/c1-6-9-16(5,12-17-15(2,3)4)13-18-10-7-8-14(19)11-18/h14,17,19H,6-13H2,1-5H3. The SMILES string of the molecule is CCCC(C)(CNC(C)(C)C)CN1CCCC(O)C1. The van der Waals surface area contributed by atoms with Gasteiger partial charge in [-0.1, -0.05) is 20.3 Å². The lowest BCUT2D eigenvalue weighted by atomic mass is 9.83. The normalized spacial score (nSPS) is 25.3. The first-order chi connectivity index (χ1) is 8.74. The maximum atomic E-state index is 9.81. The van der Waals surface area contributed by atoms with Gasteiger partial charge in [0.25, 0.3) is 0 Å². The fourth-order valence-electron chi connectivity index (χ4n) is 3.02. The van der Waals surface area contributed by atoms with Crippen LogP contribution in [-0.4, -0.2) is 47.8 Å². The van der Waals surface area contributed by atoms with E-state index in [2.05, 4.69) is 44.8 Å². The fraction of sp³-hybridized carbons (Fsp3) is 1.00. The molecule has 1 aliphatic rings. The zero-order valence-electron chi connectivity index (χ0n) is 13.6. The number of hydrogen-bond acceptors (Lipinski definition) is 3. The molecule has 0 spiro atoms. The van der Waals surface area contributed by atoms with E-state index in [1.54, 1.807) is 0 Å². The van der Waals surface area contributed by atoms with Crippen molar-refractivity contribution < 1.29 is 5.11 Å². The minimum atomic E-state index is -0.116. The van der Waals surface area contributed by atoms with Crippen LogP contribution in [-0.2, 0) is 0 Å². The van der Waals surface area contributed by atoms with Crippen molar-refractivity contribution >= 4 is 0 Å². The summed E-state index contributed by atoms with van der Waals surface area (Å²) in [5, 5.41) is 13.5. The third-order valence-electron chi connectivity index (χ3n) is 3.99. The third kappa shape index (κ3) is 6.73. The molecule has 2 unspecified atom stereocenters. The average Bonchev–Trinajstić information content (AvgIpc) is 2.26. The van der Waals surface area contributed by atoms with Crippen LogP contribution < -0.4 is 5.32 Å². The van der Waals surface area contributed by atoms with Crippen molar-refractivity contribution in [2.45, 2.75) is 71.9 Å². The summed E-state index contributed by atoms with van der Waals surface area (Å²) in [5.74, 6) is 0. The lowest BCUT2D eigenvalue weighted by molar-refractivity contribution is 0.0428. The summed E-state index contributed by atoms with van der Waals surface area (Å²) in [6.07, 6.45) is 4.45. The molecule has 0 amide bonds. The van der Waals surface area contributed by atoms with Gasteiger partial charge in [0.1, 0.15) is 0 Å². The maximum Gasteiger partial charge on any atom is 0.0667 e. The van der Waals surface area contributed by atoms with Crippen LogP contribution in [0.4, 0.5) is 0 Å². The van der Waals surface area contributed by atoms with Gasteiger partial charge in [-0.25, -0.2) is 0 Å². The number of β-amino-alcohol motifs (C(OH)–C–C–N with tert-alkyl or cyclic N) is 1. The number of aliphatic hydroxyl groups excluding tert-OH is 1. The summed E-state index contributed by atoms with van der Waals surface area (Å²) >= 11 is 0. The van der Waals surface area contributed by atoms with E-state index in [0.717, 1.165) is 39.0 Å². The fourth-order valence-corrected chi connectivity index (χ4v) is 3.02. The second-order valence-electron chi connectivity index (χ2n) is 7.70. The van der Waals surface area contributed by atoms with Gasteiger partial charge < -0.3 is 15.3 Å². The molecule has 114 valence electrons. The summed E-state index contributed by atoms with van der Waals surface area (Å²) < 4.78 is 0. The molecular formula is C16H34N2O. The Morgan fingerprint density at radius 1 is 1.26 bits per heavy atom. The number of rotatable bonds is 6. The van der Waals surface area contributed by atoms with Gasteiger partial charge in [0.2, 0.25) is 0 Å². The number of hydrogen-bond donors (Lipinski definition) is 2. The van der Waals surface area contributed by atoms with Crippen LogP contribution in [0.25, 0.3) is 0 Å². The van der Waals surface area contributed by atoms with Crippen molar-refractivity contribution in [3.8, 4) is 0 Å². The highest BCUT2D eigenvalue weighted by Crippen LogP contribution is 2.26. The highest BCUT2D eigenvalue weighted by molar-refractivity contribution is 4.85. The van der Waals surface area contributed by atoms with E-state index in [0.29, 0.717) is 5.41 Å². The van der Waals surface area contributed by atoms with Crippen molar-refractivity contribution in [2.75, 3.05) is 26.2 Å². The molecule has 3 heteroatoms. The zero-order chi connectivity index (χ0) is 14.5. The van der Waals surface area contributed by atoms with E-state index in [1.165, 1.54) is 12.8 Å². The van der Waals surface area contributed by atoms with E-state index >= 15 is 0 Å². The van der Waals surface area contributed by atoms with Crippen LogP contribution in [0.1, 0.15) is 60.3 Å². The van der Waals surface area contributed by atoms with Gasteiger partial charge in [0.15, 0.2) is 0 Å². The highest BCUT2D eigenvalue weighted by Gasteiger charge is 2.29. The Bertz CT molecular complexity index is 262. The summed E-state index contributed by atoms with van der Waals surface area (Å²) in [5.41, 5.74) is 0.482. The predicted molar refractivity (Wildman–Crippen MR) is 82.5 cm³/mol. The molecule has 0 aromatic carbocycles. The molecule has 0 radical (unpaired) electrons. The number of piperidine rings is 1. The molecule has 1 aliphatic heterocycles. The second kappa shape index (κ2) is 7.05. The summed E-state index contributed by atoms with van der Waals surface area (Å²) in [7, 11) is 0. The molecule has 1 fully saturated rings. The van der Waals surface area contributed by atoms with Crippen LogP contribution in [0.5, 0.6) is 0 Å². The van der Waals surface area contributed by atoms with Gasteiger partial charge in [-0.3, -0.25) is 0 Å². The highest BCUT2D eigenvalue weighted by atomic mass is 16.3. The molecule has 19 heavy (non-hydrogen) atoms. The molecule has 0 aromatic heterocycles. The van der Waals surface area contributed by atoms with Crippen molar-refractivity contribution in [1.82, 2.24) is 10.2 Å². The Labute approximate surface area is 119 Å². The van der Waals surface area contributed by atoms with Gasteiger partial charge in [-0.15, -0.1) is 0 Å². The summed E-state index contributed by atoms with van der Waals surface area (Å²) in [6.45, 7) is 15.5. The van der Waals surface area contributed by atoms with Crippen molar-refractivity contribution in [3.63, 3.8) is 0 Å². The molecule has 1 heterocycles. The quantitative estimate of drug-likeness (QED) is 0.779. The molecule has 2 N–H and O–H groups in total. The first-order valence-corrected chi connectivity index (χ1v) is 7.89. The molecule has 0 saturated carbocycles. The van der Waals surface area contributed by atoms with Gasteiger partial charge in [-0.05, 0) is 52.0 Å². The largest absolute Gasteiger partial charge is 0.392 e. The molecule has 1 saturated heterocycles. The van der Waals surface area contributed by atoms with E-state index < -0.39 is 0 Å². The molecule has 0 aromatic rings. The van der Waals surface area contributed by atoms with E-state index in [1.807, 2.05) is 0 Å². The van der Waals surface area contributed by atoms with Gasteiger partial charge in [0.05, 0.1) is 6.10 Å². The van der Waals surface area contributed by atoms with Crippen LogP contribution in [0.3, 0.4) is 0 Å². The first kappa shape index (κ1) is 16.9. The van der Waals surface area contributed by atoms with Gasteiger partial charge in [0, 0.05) is 25.2 Å². The Kier molecular flexibility index (Phi) is 6.28. The minimum absolute atomic E-state index is 0.116. The first-order valence-electron chi connectivity index (χ1n) is 7.89. The second-order valence-corrected chi connectivity index (χ2v) is 7.70. The summed E-state index contributed by atoms with van der Waals surface area (Å²) in [6, 6.07) is 0. The third-order valence-corrected chi connectivity index (χ3v) is 3.99. The van der Waals surface area contributed by atoms with Crippen molar-refractivity contribution in [3.05, 3.63) is 0 Å². The van der Waals surface area contributed by atoms with Crippen LogP contribution in [0.2, 0.25) is 0 Å². The molecule has 1 rings (SSSR count). The van der Waals surface area contributed by atoms with E-state index in [-0.39, 0.29) is 11.6 Å². The topological polar surface area (TPSA) is 35.5 Å². The van der Waals surface area contributed by atoms with Crippen LogP contribution in [0, 0.1) is 5.41 Å². The van der Waals surface area contributed by atoms with Crippen molar-refractivity contribution in [2.24, 2.45) is 5.41 Å².